The van der Waals surface area contributed by atoms with Crippen LogP contribution in [0.4, 0.5) is 0 Å². The summed E-state index contributed by atoms with van der Waals surface area (Å²) in [6.07, 6.45) is 4.03. The van der Waals surface area contributed by atoms with Gasteiger partial charge in [0.15, 0.2) is 10.7 Å². The first kappa shape index (κ1) is 18.6. The summed E-state index contributed by atoms with van der Waals surface area (Å²) in [5.41, 5.74) is 2.37. The molecule has 5 rings (SSSR count). The van der Waals surface area contributed by atoms with Crippen LogP contribution in [0.2, 0.25) is 0 Å². The number of aryl methyl sites for hydroxylation is 1. The Morgan fingerprint density at radius 1 is 1.17 bits per heavy atom. The standard InChI is InChI=1S/C23H19N2O4S/c1-14-11-25-12-18(24-23(25)30-14)22-10-17-20(8-16(26-2)9-21(17)29-22)28-13-15-6-4-5-7-19(15)27-3/h4-6,8-12H,13H2,1-3H3. The van der Waals surface area contributed by atoms with Crippen molar-refractivity contribution in [3.63, 3.8) is 0 Å². The Hall–Kier alpha value is -3.45. The second kappa shape index (κ2) is 7.42. The zero-order valence-corrected chi connectivity index (χ0v) is 17.6. The van der Waals surface area contributed by atoms with E-state index in [1.54, 1.807) is 25.6 Å². The lowest BCUT2D eigenvalue weighted by molar-refractivity contribution is 0.298. The van der Waals surface area contributed by atoms with Crippen LogP contribution >= 0.6 is 11.3 Å². The van der Waals surface area contributed by atoms with Gasteiger partial charge in [0.25, 0.3) is 0 Å². The third-order valence-electron chi connectivity index (χ3n) is 4.82. The number of para-hydroxylation sites is 1. The molecule has 0 saturated heterocycles. The van der Waals surface area contributed by atoms with Gasteiger partial charge in [0.1, 0.15) is 35.1 Å². The Labute approximate surface area is 177 Å². The zero-order chi connectivity index (χ0) is 20.7. The normalized spacial score (nSPS) is 11.3. The SMILES string of the molecule is COc1cc(OCc2ccc[c]c2OC)c2cc(-c3cn4cc(C)sc4n3)oc2c1. The predicted octanol–water partition coefficient (Wildman–Crippen LogP) is 5.51. The van der Waals surface area contributed by atoms with E-state index in [0.717, 1.165) is 21.6 Å². The maximum Gasteiger partial charge on any atom is 0.194 e. The molecule has 30 heavy (non-hydrogen) atoms. The molecule has 0 atom stereocenters. The van der Waals surface area contributed by atoms with Crippen molar-refractivity contribution < 1.29 is 18.6 Å². The van der Waals surface area contributed by atoms with E-state index in [9.17, 15) is 0 Å². The number of aromatic nitrogens is 2. The Morgan fingerprint density at radius 3 is 2.87 bits per heavy atom. The van der Waals surface area contributed by atoms with Crippen molar-refractivity contribution >= 4 is 27.3 Å². The van der Waals surface area contributed by atoms with Gasteiger partial charge < -0.3 is 18.6 Å². The molecule has 0 N–H and O–H groups in total. The molecule has 0 bridgehead atoms. The molecule has 151 valence electrons. The van der Waals surface area contributed by atoms with Gasteiger partial charge in [-0.3, -0.25) is 4.40 Å². The van der Waals surface area contributed by atoms with E-state index in [-0.39, 0.29) is 0 Å². The van der Waals surface area contributed by atoms with E-state index in [1.807, 2.05) is 47.0 Å². The van der Waals surface area contributed by atoms with Crippen LogP contribution in [0.25, 0.3) is 27.4 Å². The van der Waals surface area contributed by atoms with Gasteiger partial charge in [-0.25, -0.2) is 4.98 Å². The highest BCUT2D eigenvalue weighted by Crippen LogP contribution is 2.37. The minimum absolute atomic E-state index is 0.336. The number of imidazole rings is 1. The second-order valence-electron chi connectivity index (χ2n) is 6.82. The van der Waals surface area contributed by atoms with Crippen LogP contribution in [0.15, 0.2) is 53.2 Å². The third kappa shape index (κ3) is 3.27. The number of fused-ring (bicyclic) bond motifs is 2. The van der Waals surface area contributed by atoms with Crippen LogP contribution in [-0.4, -0.2) is 23.6 Å². The van der Waals surface area contributed by atoms with Crippen molar-refractivity contribution in [2.24, 2.45) is 0 Å². The van der Waals surface area contributed by atoms with E-state index in [0.29, 0.717) is 35.2 Å². The summed E-state index contributed by atoms with van der Waals surface area (Å²) >= 11 is 1.64. The molecule has 0 amide bonds. The van der Waals surface area contributed by atoms with Gasteiger partial charge in [0.2, 0.25) is 0 Å². The number of rotatable bonds is 6. The monoisotopic (exact) mass is 419 g/mol. The van der Waals surface area contributed by atoms with Crippen molar-refractivity contribution in [1.82, 2.24) is 9.38 Å². The Balaban J connectivity index is 1.53. The summed E-state index contributed by atoms with van der Waals surface area (Å²) in [6, 6.07) is 14.4. The maximum absolute atomic E-state index is 6.14. The molecule has 3 heterocycles. The summed E-state index contributed by atoms with van der Waals surface area (Å²) in [4.78, 5) is 6.83. The number of benzene rings is 2. The van der Waals surface area contributed by atoms with Crippen LogP contribution in [0.3, 0.4) is 0 Å². The smallest absolute Gasteiger partial charge is 0.194 e. The fourth-order valence-corrected chi connectivity index (χ4v) is 4.20. The molecule has 0 fully saturated rings. The number of nitrogens with zero attached hydrogens (tertiary/aromatic N) is 2. The molecule has 0 saturated carbocycles. The number of ether oxygens (including phenoxy) is 3. The quantitative estimate of drug-likeness (QED) is 0.363. The van der Waals surface area contributed by atoms with Crippen molar-refractivity contribution in [3.05, 3.63) is 65.3 Å². The lowest BCUT2D eigenvalue weighted by Crippen LogP contribution is -1.99. The fourth-order valence-electron chi connectivity index (χ4n) is 3.39. The molecule has 0 spiro atoms. The first-order valence-corrected chi connectivity index (χ1v) is 10.2. The van der Waals surface area contributed by atoms with Crippen molar-refractivity contribution in [2.45, 2.75) is 13.5 Å². The Morgan fingerprint density at radius 2 is 2.07 bits per heavy atom. The van der Waals surface area contributed by atoms with Gasteiger partial charge in [0.05, 0.1) is 19.6 Å². The van der Waals surface area contributed by atoms with E-state index in [1.165, 1.54) is 4.88 Å². The molecule has 0 aliphatic rings. The van der Waals surface area contributed by atoms with Crippen molar-refractivity contribution in [2.75, 3.05) is 14.2 Å². The number of thiazole rings is 1. The van der Waals surface area contributed by atoms with Gasteiger partial charge in [-0.15, -0.1) is 11.3 Å². The van der Waals surface area contributed by atoms with E-state index >= 15 is 0 Å². The molecular formula is C23H19N2O4S. The number of methoxy groups -OCH3 is 2. The zero-order valence-electron chi connectivity index (χ0n) is 16.8. The van der Waals surface area contributed by atoms with Gasteiger partial charge in [-0.2, -0.15) is 0 Å². The molecule has 3 aromatic heterocycles. The maximum atomic E-state index is 6.14. The molecule has 6 nitrogen and oxygen atoms in total. The lowest BCUT2D eigenvalue weighted by Gasteiger charge is -2.11. The second-order valence-corrected chi connectivity index (χ2v) is 8.04. The summed E-state index contributed by atoms with van der Waals surface area (Å²) in [7, 11) is 3.24. The number of furan rings is 1. The van der Waals surface area contributed by atoms with Crippen LogP contribution in [0.5, 0.6) is 17.2 Å². The Bertz CT molecular complexity index is 1320. The highest BCUT2D eigenvalue weighted by molar-refractivity contribution is 7.17. The summed E-state index contributed by atoms with van der Waals surface area (Å²) < 4.78 is 25.1. The van der Waals surface area contributed by atoms with Crippen LogP contribution in [0, 0.1) is 13.0 Å². The van der Waals surface area contributed by atoms with Crippen molar-refractivity contribution in [3.8, 4) is 28.7 Å². The van der Waals surface area contributed by atoms with Gasteiger partial charge in [-0.1, -0.05) is 18.2 Å². The molecule has 7 heteroatoms. The van der Waals surface area contributed by atoms with E-state index in [4.69, 9.17) is 18.6 Å². The Kier molecular flexibility index (Phi) is 4.59. The summed E-state index contributed by atoms with van der Waals surface area (Å²) in [5, 5.41) is 0.859. The minimum atomic E-state index is 0.336. The third-order valence-corrected chi connectivity index (χ3v) is 5.73. The topological polar surface area (TPSA) is 58.1 Å². The van der Waals surface area contributed by atoms with Crippen LogP contribution in [-0.2, 0) is 6.61 Å². The van der Waals surface area contributed by atoms with Gasteiger partial charge in [0, 0.05) is 41.0 Å². The molecule has 1 radical (unpaired) electrons. The van der Waals surface area contributed by atoms with Gasteiger partial charge in [-0.05, 0) is 13.0 Å². The largest absolute Gasteiger partial charge is 0.496 e. The predicted molar refractivity (Wildman–Crippen MR) is 116 cm³/mol. The number of hydrogen-bond acceptors (Lipinski definition) is 6. The summed E-state index contributed by atoms with van der Waals surface area (Å²) in [5.74, 6) is 2.67. The van der Waals surface area contributed by atoms with Crippen LogP contribution < -0.4 is 14.2 Å². The number of hydrogen-bond donors (Lipinski definition) is 0. The molecule has 0 unspecified atom stereocenters. The molecule has 5 aromatic rings. The van der Waals surface area contributed by atoms with Crippen LogP contribution in [0.1, 0.15) is 10.4 Å². The minimum Gasteiger partial charge on any atom is -0.496 e. The lowest BCUT2D eigenvalue weighted by atomic mass is 10.2. The molecule has 0 aliphatic carbocycles. The average Bonchev–Trinajstić information content (AvgIpc) is 3.44. The highest BCUT2D eigenvalue weighted by Gasteiger charge is 2.16. The summed E-state index contributed by atoms with van der Waals surface area (Å²) in [6.45, 7) is 2.40. The molecular weight excluding hydrogens is 400 g/mol. The van der Waals surface area contributed by atoms with Gasteiger partial charge >= 0.3 is 0 Å². The molecule has 2 aromatic carbocycles. The fraction of sp³-hybridized carbons (Fsp3) is 0.174. The molecule has 0 aliphatic heterocycles. The average molecular weight is 419 g/mol. The van der Waals surface area contributed by atoms with E-state index in [2.05, 4.69) is 24.2 Å². The first-order chi connectivity index (χ1) is 14.6. The van der Waals surface area contributed by atoms with Crippen molar-refractivity contribution in [1.29, 1.82) is 0 Å². The highest BCUT2D eigenvalue weighted by atomic mass is 32.1. The first-order valence-electron chi connectivity index (χ1n) is 9.38. The van der Waals surface area contributed by atoms with E-state index < -0.39 is 0 Å².